The number of benzene rings is 1. The molecule has 1 aromatic carbocycles. The van der Waals surface area contributed by atoms with Crippen molar-refractivity contribution < 1.29 is 18.7 Å². The normalized spacial score (nSPS) is 26.8. The number of halogens is 1. The summed E-state index contributed by atoms with van der Waals surface area (Å²) in [5, 5.41) is 0. The predicted octanol–water partition coefficient (Wildman–Crippen LogP) is 3.13. The van der Waals surface area contributed by atoms with Crippen LogP contribution < -0.4 is 4.90 Å². The van der Waals surface area contributed by atoms with Crippen molar-refractivity contribution >= 4 is 17.5 Å². The summed E-state index contributed by atoms with van der Waals surface area (Å²) in [6.07, 6.45) is 7.40. The Labute approximate surface area is 159 Å². The molecular weight excluding hydrogens is 347 g/mol. The van der Waals surface area contributed by atoms with E-state index in [1.165, 1.54) is 31.4 Å². The van der Waals surface area contributed by atoms with Gasteiger partial charge in [0.1, 0.15) is 18.0 Å². The third-order valence-corrected chi connectivity index (χ3v) is 6.23. The Morgan fingerprint density at radius 2 is 2.04 bits per heavy atom. The lowest BCUT2D eigenvalue weighted by atomic mass is 9.86. The lowest BCUT2D eigenvalue weighted by Gasteiger charge is -2.40. The van der Waals surface area contributed by atoms with E-state index >= 15 is 0 Å². The molecule has 6 heteroatoms. The molecule has 27 heavy (non-hydrogen) atoms. The van der Waals surface area contributed by atoms with Crippen molar-refractivity contribution in [2.75, 3.05) is 31.1 Å². The fraction of sp³-hybridized carbons (Fsp3) is 0.619. The molecule has 1 spiro atoms. The van der Waals surface area contributed by atoms with Gasteiger partial charge in [-0.15, -0.1) is 0 Å². The molecule has 1 saturated carbocycles. The smallest absolute Gasteiger partial charge is 0.253 e. The van der Waals surface area contributed by atoms with Gasteiger partial charge in [-0.25, -0.2) is 4.39 Å². The number of likely N-dealkylation sites (tertiary alicyclic amines) is 1. The van der Waals surface area contributed by atoms with Gasteiger partial charge in [-0.3, -0.25) is 9.59 Å². The summed E-state index contributed by atoms with van der Waals surface area (Å²) in [6.45, 7) is 1.51. The molecule has 146 valence electrons. The monoisotopic (exact) mass is 374 g/mol. The lowest BCUT2D eigenvalue weighted by molar-refractivity contribution is -0.139. The lowest BCUT2D eigenvalue weighted by Crippen LogP contribution is -2.56. The number of amides is 2. The minimum Gasteiger partial charge on any atom is -0.361 e. The van der Waals surface area contributed by atoms with Crippen molar-refractivity contribution in [3.63, 3.8) is 0 Å². The molecule has 3 fully saturated rings. The molecule has 2 aliphatic heterocycles. The van der Waals surface area contributed by atoms with Crippen LogP contribution in [0.2, 0.25) is 0 Å². The van der Waals surface area contributed by atoms with E-state index in [4.69, 9.17) is 4.74 Å². The highest BCUT2D eigenvalue weighted by Gasteiger charge is 2.46. The van der Waals surface area contributed by atoms with Crippen molar-refractivity contribution in [2.45, 2.75) is 50.5 Å². The van der Waals surface area contributed by atoms with E-state index in [1.807, 2.05) is 4.90 Å². The van der Waals surface area contributed by atoms with Crippen LogP contribution in [0.3, 0.4) is 0 Å². The summed E-state index contributed by atoms with van der Waals surface area (Å²) in [4.78, 5) is 28.6. The average molecular weight is 374 g/mol. The average Bonchev–Trinajstić information content (AvgIpc) is 3.09. The summed E-state index contributed by atoms with van der Waals surface area (Å²) in [5.74, 6) is 0.187. The first-order chi connectivity index (χ1) is 13.0. The Bertz CT molecular complexity index is 719. The van der Waals surface area contributed by atoms with Crippen molar-refractivity contribution in [3.8, 4) is 0 Å². The van der Waals surface area contributed by atoms with E-state index in [1.54, 1.807) is 17.0 Å². The highest BCUT2D eigenvalue weighted by Crippen LogP contribution is 2.34. The Kier molecular flexibility index (Phi) is 5.17. The number of carbonyl (C=O) groups is 2. The largest absolute Gasteiger partial charge is 0.361 e. The van der Waals surface area contributed by atoms with Crippen LogP contribution >= 0.6 is 0 Å². The van der Waals surface area contributed by atoms with Crippen molar-refractivity contribution in [1.29, 1.82) is 0 Å². The summed E-state index contributed by atoms with van der Waals surface area (Å²) in [5.41, 5.74) is 0.0114. The Morgan fingerprint density at radius 3 is 2.81 bits per heavy atom. The van der Waals surface area contributed by atoms with Crippen LogP contribution in [0.1, 0.15) is 44.9 Å². The molecule has 1 unspecified atom stereocenters. The zero-order chi connectivity index (χ0) is 18.9. The van der Waals surface area contributed by atoms with E-state index < -0.39 is 5.60 Å². The van der Waals surface area contributed by atoms with Crippen molar-refractivity contribution in [3.05, 3.63) is 30.1 Å². The first-order valence-corrected chi connectivity index (χ1v) is 10.0. The molecule has 0 aromatic heterocycles. The molecule has 1 aromatic rings. The van der Waals surface area contributed by atoms with Crippen LogP contribution in [0.25, 0.3) is 0 Å². The van der Waals surface area contributed by atoms with E-state index in [0.29, 0.717) is 44.1 Å². The summed E-state index contributed by atoms with van der Waals surface area (Å²) < 4.78 is 19.5. The zero-order valence-electron chi connectivity index (χ0n) is 15.7. The summed E-state index contributed by atoms with van der Waals surface area (Å²) >= 11 is 0. The highest BCUT2D eigenvalue weighted by atomic mass is 19.1. The van der Waals surface area contributed by atoms with E-state index in [0.717, 1.165) is 12.8 Å². The number of carbonyl (C=O) groups excluding carboxylic acids is 2. The number of hydrogen-bond donors (Lipinski definition) is 0. The third kappa shape index (κ3) is 4.00. The molecular formula is C21H27FN2O3. The summed E-state index contributed by atoms with van der Waals surface area (Å²) in [6, 6.07) is 6.08. The molecule has 0 radical (unpaired) electrons. The Balaban J connectivity index is 1.41. The van der Waals surface area contributed by atoms with Crippen LogP contribution in [0, 0.1) is 11.7 Å². The molecule has 0 N–H and O–H groups in total. The molecule has 4 rings (SSSR count). The highest BCUT2D eigenvalue weighted by molar-refractivity contribution is 5.95. The van der Waals surface area contributed by atoms with Crippen LogP contribution in [0.4, 0.5) is 10.1 Å². The second kappa shape index (κ2) is 7.58. The minimum absolute atomic E-state index is 0.0266. The van der Waals surface area contributed by atoms with Gasteiger partial charge in [-0.2, -0.15) is 0 Å². The van der Waals surface area contributed by atoms with Gasteiger partial charge in [0.15, 0.2) is 0 Å². The number of anilines is 1. The third-order valence-electron chi connectivity index (χ3n) is 6.23. The van der Waals surface area contributed by atoms with Crippen molar-refractivity contribution in [1.82, 2.24) is 4.90 Å². The van der Waals surface area contributed by atoms with Gasteiger partial charge in [0.25, 0.3) is 5.91 Å². The first kappa shape index (κ1) is 18.4. The molecule has 2 saturated heterocycles. The van der Waals surface area contributed by atoms with Crippen LogP contribution in [0.15, 0.2) is 24.3 Å². The second-order valence-electron chi connectivity index (χ2n) is 8.20. The zero-order valence-corrected chi connectivity index (χ0v) is 15.7. The number of nitrogens with zero attached hydrogens (tertiary/aromatic N) is 2. The van der Waals surface area contributed by atoms with Crippen LogP contribution in [-0.2, 0) is 14.3 Å². The minimum atomic E-state index is -0.539. The van der Waals surface area contributed by atoms with Crippen LogP contribution in [-0.4, -0.2) is 48.6 Å². The molecule has 3 aliphatic rings. The fourth-order valence-electron chi connectivity index (χ4n) is 4.67. The van der Waals surface area contributed by atoms with Gasteiger partial charge in [0.05, 0.1) is 13.1 Å². The number of ether oxygens (including phenoxy) is 1. The molecule has 0 bridgehead atoms. The maximum Gasteiger partial charge on any atom is 0.253 e. The second-order valence-corrected chi connectivity index (χ2v) is 8.20. The first-order valence-electron chi connectivity index (χ1n) is 10.0. The standard InChI is InChI=1S/C21H27FN2O3/c22-17-7-4-8-18(12-17)24-15-21(27-13-20(24)26)9-10-23(14-21)19(25)11-16-5-2-1-3-6-16/h4,7-8,12,16H,1-3,5-6,9-11,13-15H2. The Hall–Kier alpha value is -1.95. The molecule has 2 heterocycles. The van der Waals surface area contributed by atoms with E-state index in [-0.39, 0.29) is 24.2 Å². The quantitative estimate of drug-likeness (QED) is 0.817. The van der Waals surface area contributed by atoms with Crippen molar-refractivity contribution in [2.24, 2.45) is 5.92 Å². The van der Waals surface area contributed by atoms with Gasteiger partial charge < -0.3 is 14.5 Å². The SMILES string of the molecule is O=C(CC1CCCCC1)N1CCC2(C1)CN(c1cccc(F)c1)C(=O)CO2. The Morgan fingerprint density at radius 1 is 1.22 bits per heavy atom. The number of hydrogen-bond acceptors (Lipinski definition) is 3. The van der Waals surface area contributed by atoms with Gasteiger partial charge in [-0.05, 0) is 43.4 Å². The number of morpholine rings is 1. The molecule has 5 nitrogen and oxygen atoms in total. The van der Waals surface area contributed by atoms with E-state index in [2.05, 4.69) is 0 Å². The topological polar surface area (TPSA) is 49.9 Å². The molecule has 1 aliphatic carbocycles. The van der Waals surface area contributed by atoms with E-state index in [9.17, 15) is 14.0 Å². The molecule has 2 amide bonds. The maximum atomic E-state index is 13.6. The summed E-state index contributed by atoms with van der Waals surface area (Å²) in [7, 11) is 0. The van der Waals surface area contributed by atoms with Gasteiger partial charge in [0.2, 0.25) is 5.91 Å². The molecule has 1 atom stereocenters. The van der Waals surface area contributed by atoms with Gasteiger partial charge >= 0.3 is 0 Å². The number of rotatable bonds is 3. The maximum absolute atomic E-state index is 13.6. The van der Waals surface area contributed by atoms with Gasteiger partial charge in [-0.1, -0.05) is 25.3 Å². The fourth-order valence-corrected chi connectivity index (χ4v) is 4.67. The predicted molar refractivity (Wildman–Crippen MR) is 99.8 cm³/mol. The van der Waals surface area contributed by atoms with Gasteiger partial charge in [0, 0.05) is 18.7 Å². The van der Waals surface area contributed by atoms with Crippen LogP contribution in [0.5, 0.6) is 0 Å².